The van der Waals surface area contributed by atoms with Crippen molar-refractivity contribution in [3.63, 3.8) is 0 Å². The zero-order chi connectivity index (χ0) is 10.4. The monoisotopic (exact) mass is 198 g/mol. The van der Waals surface area contributed by atoms with Crippen molar-refractivity contribution in [3.05, 3.63) is 12.1 Å². The van der Waals surface area contributed by atoms with Gasteiger partial charge in [0, 0.05) is 18.7 Å². The van der Waals surface area contributed by atoms with Crippen molar-refractivity contribution >= 4 is 0 Å². The normalized spacial score (nSPS) is 10.6. The van der Waals surface area contributed by atoms with Crippen LogP contribution < -0.4 is 5.73 Å². The number of rotatable bonds is 6. The molecule has 0 aliphatic carbocycles. The molecule has 0 atom stereocenters. The maximum absolute atomic E-state index is 9.32. The van der Waals surface area contributed by atoms with Crippen LogP contribution in [0.1, 0.15) is 25.7 Å². The van der Waals surface area contributed by atoms with Gasteiger partial charge in [-0.2, -0.15) is 0 Å². The molecular formula is C10H18N2O2. The largest absolute Gasteiger partial charge is 0.494 e. The van der Waals surface area contributed by atoms with Crippen molar-refractivity contribution in [2.24, 2.45) is 5.73 Å². The minimum absolute atomic E-state index is 0.126. The number of aromatic hydroxyl groups is 2. The van der Waals surface area contributed by atoms with Crippen LogP contribution in [0, 0.1) is 0 Å². The molecule has 0 aliphatic heterocycles. The third-order valence-corrected chi connectivity index (χ3v) is 2.27. The quantitative estimate of drug-likeness (QED) is 0.605. The van der Waals surface area contributed by atoms with Crippen LogP contribution in [0.25, 0.3) is 0 Å². The van der Waals surface area contributed by atoms with Gasteiger partial charge in [0.15, 0.2) is 11.8 Å². The fourth-order valence-corrected chi connectivity index (χ4v) is 1.44. The van der Waals surface area contributed by atoms with E-state index in [4.69, 9.17) is 5.73 Å². The molecule has 0 spiro atoms. The highest BCUT2D eigenvalue weighted by atomic mass is 16.3. The third kappa shape index (κ3) is 2.96. The molecule has 1 aromatic heterocycles. The van der Waals surface area contributed by atoms with Crippen molar-refractivity contribution in [2.45, 2.75) is 32.2 Å². The highest BCUT2D eigenvalue weighted by molar-refractivity contribution is 5.23. The molecule has 80 valence electrons. The number of aromatic nitrogens is 1. The summed E-state index contributed by atoms with van der Waals surface area (Å²) in [4.78, 5) is 0. The van der Waals surface area contributed by atoms with Crippen LogP contribution >= 0.6 is 0 Å². The lowest BCUT2D eigenvalue weighted by Crippen LogP contribution is -1.99. The summed E-state index contributed by atoms with van der Waals surface area (Å²) in [6.45, 7) is 1.40. The second-order valence-electron chi connectivity index (χ2n) is 3.40. The van der Waals surface area contributed by atoms with Gasteiger partial charge >= 0.3 is 0 Å². The van der Waals surface area contributed by atoms with Crippen LogP contribution in [0.5, 0.6) is 11.8 Å². The summed E-state index contributed by atoms with van der Waals surface area (Å²) in [6.07, 6.45) is 4.19. The summed E-state index contributed by atoms with van der Waals surface area (Å²) in [7, 11) is 0. The van der Waals surface area contributed by atoms with Crippen LogP contribution in [0.2, 0.25) is 0 Å². The van der Waals surface area contributed by atoms with Crippen LogP contribution in [0.3, 0.4) is 0 Å². The molecule has 0 saturated carbocycles. The summed E-state index contributed by atoms with van der Waals surface area (Å²) < 4.78 is 1.50. The lowest BCUT2D eigenvalue weighted by Gasteiger charge is -2.05. The highest BCUT2D eigenvalue weighted by Crippen LogP contribution is 2.21. The second kappa shape index (κ2) is 5.54. The van der Waals surface area contributed by atoms with Gasteiger partial charge in [-0.05, 0) is 19.4 Å². The summed E-state index contributed by atoms with van der Waals surface area (Å²) in [6, 6.07) is 2.99. The van der Waals surface area contributed by atoms with Gasteiger partial charge in [-0.1, -0.05) is 12.8 Å². The van der Waals surface area contributed by atoms with Gasteiger partial charge in [0.05, 0.1) is 0 Å². The molecule has 1 rings (SSSR count). The first-order valence-electron chi connectivity index (χ1n) is 5.03. The molecule has 0 aromatic carbocycles. The average molecular weight is 198 g/mol. The van der Waals surface area contributed by atoms with E-state index in [1.165, 1.54) is 16.7 Å². The van der Waals surface area contributed by atoms with Gasteiger partial charge in [0.2, 0.25) is 0 Å². The summed E-state index contributed by atoms with van der Waals surface area (Å²) in [5, 5.41) is 18.6. The van der Waals surface area contributed by atoms with Crippen molar-refractivity contribution in [3.8, 4) is 11.8 Å². The molecule has 0 fully saturated rings. The summed E-state index contributed by atoms with van der Waals surface area (Å²) >= 11 is 0. The van der Waals surface area contributed by atoms with Crippen LogP contribution in [0.4, 0.5) is 0 Å². The Labute approximate surface area is 84.0 Å². The van der Waals surface area contributed by atoms with Gasteiger partial charge in [-0.3, -0.25) is 4.57 Å². The Morgan fingerprint density at radius 3 is 2.14 bits per heavy atom. The molecule has 0 radical (unpaired) electrons. The van der Waals surface area contributed by atoms with Crippen LogP contribution in [0.15, 0.2) is 12.1 Å². The van der Waals surface area contributed by atoms with Crippen LogP contribution in [-0.2, 0) is 6.54 Å². The van der Waals surface area contributed by atoms with Gasteiger partial charge < -0.3 is 15.9 Å². The first-order chi connectivity index (χ1) is 6.75. The molecule has 0 saturated heterocycles. The number of hydrogen-bond donors (Lipinski definition) is 3. The molecule has 4 heteroatoms. The van der Waals surface area contributed by atoms with Crippen LogP contribution in [-0.4, -0.2) is 21.3 Å². The molecule has 0 aliphatic rings. The predicted molar refractivity (Wildman–Crippen MR) is 55.3 cm³/mol. The summed E-state index contributed by atoms with van der Waals surface area (Å²) in [5.74, 6) is 0.252. The lowest BCUT2D eigenvalue weighted by atomic mass is 10.2. The van der Waals surface area contributed by atoms with Gasteiger partial charge in [-0.15, -0.1) is 0 Å². The van der Waals surface area contributed by atoms with E-state index >= 15 is 0 Å². The van der Waals surface area contributed by atoms with Gasteiger partial charge in [0.1, 0.15) is 0 Å². The smallest absolute Gasteiger partial charge is 0.193 e. The second-order valence-corrected chi connectivity index (χ2v) is 3.40. The predicted octanol–water partition coefficient (Wildman–Crippen LogP) is 1.42. The van der Waals surface area contributed by atoms with E-state index in [0.29, 0.717) is 6.54 Å². The first kappa shape index (κ1) is 10.9. The average Bonchev–Trinajstić information content (AvgIpc) is 2.48. The first-order valence-corrected chi connectivity index (χ1v) is 5.03. The zero-order valence-electron chi connectivity index (χ0n) is 8.32. The van der Waals surface area contributed by atoms with Crippen molar-refractivity contribution < 1.29 is 10.2 Å². The van der Waals surface area contributed by atoms with Crippen molar-refractivity contribution in [1.29, 1.82) is 0 Å². The Bertz CT molecular complexity index is 252. The van der Waals surface area contributed by atoms with E-state index in [2.05, 4.69) is 0 Å². The maximum atomic E-state index is 9.32. The molecule has 14 heavy (non-hydrogen) atoms. The van der Waals surface area contributed by atoms with E-state index in [1.807, 2.05) is 0 Å². The maximum Gasteiger partial charge on any atom is 0.193 e. The topological polar surface area (TPSA) is 71.4 Å². The minimum Gasteiger partial charge on any atom is -0.494 e. The standard InChI is InChI=1S/C10H18N2O2/c11-7-3-1-2-4-8-12-9(13)5-6-10(12)14/h5-6,13-14H,1-4,7-8,11H2. The fraction of sp³-hybridized carbons (Fsp3) is 0.600. The van der Waals surface area contributed by atoms with Gasteiger partial charge in [0.25, 0.3) is 0 Å². The van der Waals surface area contributed by atoms with Crippen molar-refractivity contribution in [1.82, 2.24) is 4.57 Å². The molecular weight excluding hydrogens is 180 g/mol. The van der Waals surface area contributed by atoms with E-state index < -0.39 is 0 Å². The van der Waals surface area contributed by atoms with E-state index in [1.54, 1.807) is 0 Å². The Hall–Kier alpha value is -1.16. The number of nitrogens with two attached hydrogens (primary N) is 1. The SMILES string of the molecule is NCCCCCCn1c(O)ccc1O. The van der Waals surface area contributed by atoms with E-state index in [-0.39, 0.29) is 11.8 Å². The molecule has 0 bridgehead atoms. The minimum atomic E-state index is 0.126. The Morgan fingerprint density at radius 2 is 1.57 bits per heavy atom. The third-order valence-electron chi connectivity index (χ3n) is 2.27. The molecule has 1 heterocycles. The lowest BCUT2D eigenvalue weighted by molar-refractivity contribution is 0.362. The number of hydrogen-bond acceptors (Lipinski definition) is 3. The summed E-state index contributed by atoms with van der Waals surface area (Å²) in [5.41, 5.74) is 5.37. The Balaban J connectivity index is 2.24. The zero-order valence-corrected chi connectivity index (χ0v) is 8.32. The van der Waals surface area contributed by atoms with E-state index in [0.717, 1.165) is 32.2 Å². The Morgan fingerprint density at radius 1 is 1.00 bits per heavy atom. The highest BCUT2D eigenvalue weighted by Gasteiger charge is 2.03. The van der Waals surface area contributed by atoms with E-state index in [9.17, 15) is 10.2 Å². The fourth-order valence-electron chi connectivity index (χ4n) is 1.44. The molecule has 1 aromatic rings. The Kier molecular flexibility index (Phi) is 4.32. The number of nitrogens with zero attached hydrogens (tertiary/aromatic N) is 1. The number of unbranched alkanes of at least 4 members (excludes halogenated alkanes) is 3. The van der Waals surface area contributed by atoms with Crippen molar-refractivity contribution in [2.75, 3.05) is 6.54 Å². The molecule has 0 unspecified atom stereocenters. The van der Waals surface area contributed by atoms with Gasteiger partial charge in [-0.25, -0.2) is 0 Å². The molecule has 4 nitrogen and oxygen atoms in total. The molecule has 4 N–H and O–H groups in total. The molecule has 0 amide bonds.